The van der Waals surface area contributed by atoms with Gasteiger partial charge in [0.25, 0.3) is 0 Å². The molecule has 1 saturated heterocycles. The standard InChI is InChI=1S/C28H28ClNO5/c29-23-16-21(32)17-24-26(23)27(33)25(18-4-8-20(31)9-5-18)28(35-24)19-6-10-22(11-7-19)34-15-14-30-12-2-1-3-13-30/h4-11,16-17,25,28,31-32H,1-3,12-15H2/t25-,28-/m1/s1. The van der Waals surface area contributed by atoms with Gasteiger partial charge in [0.2, 0.25) is 0 Å². The molecule has 2 aliphatic rings. The van der Waals surface area contributed by atoms with Crippen molar-refractivity contribution in [3.63, 3.8) is 0 Å². The van der Waals surface area contributed by atoms with Crippen molar-refractivity contribution in [1.29, 1.82) is 0 Å². The maximum Gasteiger partial charge on any atom is 0.179 e. The van der Waals surface area contributed by atoms with Crippen LogP contribution in [0.3, 0.4) is 0 Å². The summed E-state index contributed by atoms with van der Waals surface area (Å²) in [6, 6.07) is 16.9. The number of nitrogens with zero attached hydrogens (tertiary/aromatic N) is 1. The number of Topliss-reactive ketones (excluding diaryl/α,β-unsaturated/α-hetero) is 1. The van der Waals surface area contributed by atoms with Crippen LogP contribution in [0, 0.1) is 0 Å². The van der Waals surface area contributed by atoms with E-state index in [1.54, 1.807) is 24.3 Å². The highest BCUT2D eigenvalue weighted by Gasteiger charge is 2.40. The number of ketones is 1. The summed E-state index contributed by atoms with van der Waals surface area (Å²) in [5.74, 6) is 0.187. The first-order valence-electron chi connectivity index (χ1n) is 12.0. The Labute approximate surface area is 209 Å². The molecule has 2 atom stereocenters. The number of hydrogen-bond donors (Lipinski definition) is 2. The van der Waals surface area contributed by atoms with E-state index in [2.05, 4.69) is 4.90 Å². The zero-order valence-electron chi connectivity index (χ0n) is 19.3. The molecule has 3 aromatic rings. The Morgan fingerprint density at radius 3 is 2.31 bits per heavy atom. The van der Waals surface area contributed by atoms with Gasteiger partial charge in [0.05, 0.1) is 16.5 Å². The second-order valence-corrected chi connectivity index (χ2v) is 9.50. The molecule has 5 rings (SSSR count). The summed E-state index contributed by atoms with van der Waals surface area (Å²) in [7, 11) is 0. The first kappa shape index (κ1) is 23.5. The van der Waals surface area contributed by atoms with Crippen molar-refractivity contribution in [3.8, 4) is 23.0 Å². The number of rotatable bonds is 6. The molecule has 182 valence electrons. The molecule has 7 heteroatoms. The number of phenolic OH excluding ortho intramolecular Hbond substituents is 2. The highest BCUT2D eigenvalue weighted by atomic mass is 35.5. The number of carbonyl (C=O) groups excluding carboxylic acids is 1. The van der Waals surface area contributed by atoms with Crippen LogP contribution >= 0.6 is 11.6 Å². The number of fused-ring (bicyclic) bond motifs is 1. The third-order valence-electron chi connectivity index (χ3n) is 6.71. The van der Waals surface area contributed by atoms with Crippen LogP contribution in [0.5, 0.6) is 23.0 Å². The topological polar surface area (TPSA) is 79.2 Å². The lowest BCUT2D eigenvalue weighted by molar-refractivity contribution is 0.0781. The Kier molecular flexibility index (Phi) is 6.84. The van der Waals surface area contributed by atoms with Gasteiger partial charge < -0.3 is 19.7 Å². The molecule has 6 nitrogen and oxygen atoms in total. The third kappa shape index (κ3) is 5.09. The van der Waals surface area contributed by atoms with Gasteiger partial charge >= 0.3 is 0 Å². The van der Waals surface area contributed by atoms with Crippen molar-refractivity contribution in [2.24, 2.45) is 0 Å². The summed E-state index contributed by atoms with van der Waals surface area (Å²) < 4.78 is 12.2. The van der Waals surface area contributed by atoms with Crippen LogP contribution in [0.2, 0.25) is 5.02 Å². The molecule has 0 saturated carbocycles. The fourth-order valence-electron chi connectivity index (χ4n) is 4.90. The van der Waals surface area contributed by atoms with E-state index < -0.39 is 12.0 Å². The number of piperidine rings is 1. The summed E-state index contributed by atoms with van der Waals surface area (Å²) in [6.45, 7) is 3.80. The Bertz CT molecular complexity index is 1190. The minimum atomic E-state index is -0.670. The molecule has 0 spiro atoms. The van der Waals surface area contributed by atoms with E-state index in [0.29, 0.717) is 12.2 Å². The second kappa shape index (κ2) is 10.2. The number of hydrogen-bond acceptors (Lipinski definition) is 6. The molecular weight excluding hydrogens is 466 g/mol. The number of likely N-dealkylation sites (tertiary alicyclic amines) is 1. The molecule has 2 heterocycles. The van der Waals surface area contributed by atoms with Gasteiger partial charge in [0, 0.05) is 12.6 Å². The predicted octanol–water partition coefficient (Wildman–Crippen LogP) is 5.72. The second-order valence-electron chi connectivity index (χ2n) is 9.09. The Hall–Kier alpha value is -3.22. The van der Waals surface area contributed by atoms with Crippen LogP contribution in [-0.2, 0) is 0 Å². The third-order valence-corrected chi connectivity index (χ3v) is 7.01. The molecule has 1 fully saturated rings. The number of benzene rings is 3. The number of halogens is 1. The molecule has 0 amide bonds. The summed E-state index contributed by atoms with van der Waals surface area (Å²) >= 11 is 6.32. The van der Waals surface area contributed by atoms with Crippen molar-refractivity contribution < 1.29 is 24.5 Å². The van der Waals surface area contributed by atoms with Gasteiger partial charge in [-0.2, -0.15) is 0 Å². The van der Waals surface area contributed by atoms with Crippen molar-refractivity contribution >= 4 is 17.4 Å². The van der Waals surface area contributed by atoms with Crippen LogP contribution in [0.15, 0.2) is 60.7 Å². The van der Waals surface area contributed by atoms with Gasteiger partial charge in [-0.3, -0.25) is 9.69 Å². The highest BCUT2D eigenvalue weighted by Crippen LogP contribution is 2.47. The van der Waals surface area contributed by atoms with Gasteiger partial charge in [0.1, 0.15) is 35.7 Å². The first-order chi connectivity index (χ1) is 17.0. The number of aromatic hydroxyl groups is 2. The van der Waals surface area contributed by atoms with E-state index in [-0.39, 0.29) is 33.6 Å². The van der Waals surface area contributed by atoms with Crippen LogP contribution in [0.4, 0.5) is 0 Å². The average molecular weight is 494 g/mol. The normalized spacial score (nSPS) is 20.2. The zero-order chi connectivity index (χ0) is 24.4. The fraction of sp³-hybridized carbons (Fsp3) is 0.321. The van der Waals surface area contributed by atoms with E-state index >= 15 is 0 Å². The van der Waals surface area contributed by atoms with Gasteiger partial charge in [-0.1, -0.05) is 42.3 Å². The van der Waals surface area contributed by atoms with E-state index in [9.17, 15) is 15.0 Å². The molecule has 0 bridgehead atoms. The Morgan fingerprint density at radius 2 is 1.60 bits per heavy atom. The molecule has 0 aliphatic carbocycles. The first-order valence-corrected chi connectivity index (χ1v) is 12.3. The summed E-state index contributed by atoms with van der Waals surface area (Å²) in [5, 5.41) is 19.9. The summed E-state index contributed by atoms with van der Waals surface area (Å²) in [6.07, 6.45) is 3.18. The monoisotopic (exact) mass is 493 g/mol. The van der Waals surface area contributed by atoms with Crippen LogP contribution < -0.4 is 9.47 Å². The predicted molar refractivity (Wildman–Crippen MR) is 134 cm³/mol. The van der Waals surface area contributed by atoms with E-state index in [4.69, 9.17) is 21.1 Å². The van der Waals surface area contributed by atoms with E-state index in [0.717, 1.165) is 30.9 Å². The highest BCUT2D eigenvalue weighted by molar-refractivity contribution is 6.35. The number of phenols is 2. The van der Waals surface area contributed by atoms with Gasteiger partial charge in [-0.15, -0.1) is 0 Å². The average Bonchev–Trinajstić information content (AvgIpc) is 2.85. The Morgan fingerprint density at radius 1 is 0.914 bits per heavy atom. The van der Waals surface area contributed by atoms with E-state index in [1.165, 1.54) is 31.4 Å². The molecule has 2 aliphatic heterocycles. The van der Waals surface area contributed by atoms with E-state index in [1.807, 2.05) is 24.3 Å². The number of ether oxygens (including phenoxy) is 2. The molecule has 2 N–H and O–H groups in total. The molecular formula is C28H28ClNO5. The lowest BCUT2D eigenvalue weighted by atomic mass is 9.81. The molecule has 0 aromatic heterocycles. The van der Waals surface area contributed by atoms with Crippen molar-refractivity contribution in [2.75, 3.05) is 26.2 Å². The molecule has 35 heavy (non-hydrogen) atoms. The van der Waals surface area contributed by atoms with Crippen molar-refractivity contribution in [3.05, 3.63) is 82.4 Å². The van der Waals surface area contributed by atoms with Crippen molar-refractivity contribution in [1.82, 2.24) is 4.90 Å². The lowest BCUT2D eigenvalue weighted by Crippen LogP contribution is -2.33. The minimum Gasteiger partial charge on any atom is -0.508 e. The maximum atomic E-state index is 13.6. The van der Waals surface area contributed by atoms with Crippen LogP contribution in [0.25, 0.3) is 0 Å². The van der Waals surface area contributed by atoms with Gasteiger partial charge in [-0.25, -0.2) is 0 Å². The minimum absolute atomic E-state index is 0.0687. The molecule has 3 aromatic carbocycles. The maximum absolute atomic E-state index is 13.6. The zero-order valence-corrected chi connectivity index (χ0v) is 20.1. The quantitative estimate of drug-likeness (QED) is 0.457. The summed E-state index contributed by atoms with van der Waals surface area (Å²) in [5.41, 5.74) is 1.75. The fourth-order valence-corrected chi connectivity index (χ4v) is 5.19. The lowest BCUT2D eigenvalue weighted by Gasteiger charge is -2.33. The van der Waals surface area contributed by atoms with Crippen molar-refractivity contribution in [2.45, 2.75) is 31.3 Å². The van der Waals surface area contributed by atoms with Crippen LogP contribution in [-0.4, -0.2) is 47.1 Å². The largest absolute Gasteiger partial charge is 0.508 e. The van der Waals surface area contributed by atoms with Crippen LogP contribution in [0.1, 0.15) is 52.8 Å². The molecule has 0 unspecified atom stereocenters. The summed E-state index contributed by atoms with van der Waals surface area (Å²) in [4.78, 5) is 16.1. The molecule has 0 radical (unpaired) electrons. The SMILES string of the molecule is O=C1c2c(Cl)cc(O)cc2O[C@H](c2ccc(OCCN3CCCCC3)cc2)[C@@H]1c1ccc(O)cc1. The van der Waals surface area contributed by atoms with Gasteiger partial charge in [0.15, 0.2) is 5.78 Å². The van der Waals surface area contributed by atoms with Gasteiger partial charge in [-0.05, 0) is 67.4 Å². The number of carbonyl (C=O) groups is 1. The Balaban J connectivity index is 1.39. The smallest absolute Gasteiger partial charge is 0.179 e.